The van der Waals surface area contributed by atoms with Crippen molar-refractivity contribution in [1.82, 2.24) is 15.2 Å². The number of ether oxygens (including phenoxy) is 1. The summed E-state index contributed by atoms with van der Waals surface area (Å²) in [6, 6.07) is 14.6. The van der Waals surface area contributed by atoms with Gasteiger partial charge in [0.05, 0.1) is 16.1 Å². The second-order valence-corrected chi connectivity index (χ2v) is 8.38. The quantitative estimate of drug-likeness (QED) is 0.308. The lowest BCUT2D eigenvalue weighted by Crippen LogP contribution is -1.98. The molecule has 0 amide bonds. The lowest BCUT2D eigenvalue weighted by Gasteiger charge is -2.09. The van der Waals surface area contributed by atoms with E-state index in [0.717, 1.165) is 36.0 Å². The van der Waals surface area contributed by atoms with Gasteiger partial charge in [-0.3, -0.25) is 5.10 Å². The van der Waals surface area contributed by atoms with Crippen LogP contribution in [0.1, 0.15) is 35.9 Å². The molecule has 9 heteroatoms. The van der Waals surface area contributed by atoms with Crippen molar-refractivity contribution in [2.24, 2.45) is 0 Å². The minimum Gasteiger partial charge on any atom is -0.488 e. The van der Waals surface area contributed by atoms with Gasteiger partial charge in [0.1, 0.15) is 23.1 Å². The maximum atomic E-state index is 11.7. The number of aromatic nitrogens is 3. The molecule has 0 aliphatic carbocycles. The molecule has 0 aliphatic heterocycles. The number of rotatable bonds is 9. The van der Waals surface area contributed by atoms with E-state index in [1.807, 2.05) is 19.1 Å². The zero-order valence-electron chi connectivity index (χ0n) is 16.6. The van der Waals surface area contributed by atoms with Crippen molar-refractivity contribution in [3.8, 4) is 11.8 Å². The number of aryl methyl sites for hydroxylation is 1. The molecule has 3 rings (SSSR count). The van der Waals surface area contributed by atoms with Gasteiger partial charge in [0.15, 0.2) is 0 Å². The number of thioether (sulfide) groups is 1. The second-order valence-electron chi connectivity index (χ2n) is 6.52. The molecule has 0 bridgehead atoms. The Labute approximate surface area is 192 Å². The van der Waals surface area contributed by atoms with Gasteiger partial charge in [0.25, 0.3) is 0 Å². The van der Waals surface area contributed by atoms with Crippen LogP contribution < -0.4 is 4.74 Å². The van der Waals surface area contributed by atoms with Gasteiger partial charge in [0.2, 0.25) is 5.16 Å². The first-order chi connectivity index (χ1) is 15.0. The number of halogens is 1. The number of aromatic amines is 1. The molecule has 1 aromatic heterocycles. The van der Waals surface area contributed by atoms with E-state index in [-0.39, 0.29) is 4.91 Å². The highest BCUT2D eigenvalue weighted by molar-refractivity contribution is 9.10. The van der Waals surface area contributed by atoms with E-state index < -0.39 is 5.97 Å². The molecule has 0 spiro atoms. The van der Waals surface area contributed by atoms with Crippen LogP contribution in [-0.4, -0.2) is 26.3 Å². The van der Waals surface area contributed by atoms with Gasteiger partial charge in [-0.1, -0.05) is 25.1 Å². The number of carboxylic acids is 1. The molecule has 1 heterocycles. The van der Waals surface area contributed by atoms with Gasteiger partial charge in [-0.15, -0.1) is 5.10 Å². The number of nitrogens with zero attached hydrogens (tertiary/aromatic N) is 3. The average Bonchev–Trinajstić information content (AvgIpc) is 3.20. The van der Waals surface area contributed by atoms with Crippen molar-refractivity contribution in [2.45, 2.75) is 31.5 Å². The van der Waals surface area contributed by atoms with Gasteiger partial charge < -0.3 is 9.84 Å². The van der Waals surface area contributed by atoms with Crippen molar-refractivity contribution in [2.75, 3.05) is 0 Å². The van der Waals surface area contributed by atoms with E-state index in [2.05, 4.69) is 37.2 Å². The summed E-state index contributed by atoms with van der Waals surface area (Å²) in [4.78, 5) is 16.1. The number of hydrogen-bond acceptors (Lipinski definition) is 6. The fraction of sp³-hybridized carbons (Fsp3) is 0.182. The van der Waals surface area contributed by atoms with Crippen molar-refractivity contribution in [3.63, 3.8) is 0 Å². The van der Waals surface area contributed by atoms with Crippen LogP contribution in [0, 0.1) is 11.3 Å². The van der Waals surface area contributed by atoms with Crippen LogP contribution in [0.4, 0.5) is 0 Å². The zero-order chi connectivity index (χ0) is 22.2. The molecule has 0 unspecified atom stereocenters. The summed E-state index contributed by atoms with van der Waals surface area (Å²) in [7, 11) is 0. The van der Waals surface area contributed by atoms with Gasteiger partial charge in [0, 0.05) is 6.42 Å². The van der Waals surface area contributed by atoms with Gasteiger partial charge in [-0.05, 0) is 75.6 Å². The molecule has 0 fully saturated rings. The first-order valence-electron chi connectivity index (χ1n) is 9.44. The number of nitrogens with one attached hydrogen (secondary N) is 1. The summed E-state index contributed by atoms with van der Waals surface area (Å²) in [6.07, 6.45) is 3.25. The maximum absolute atomic E-state index is 11.7. The van der Waals surface area contributed by atoms with E-state index in [9.17, 15) is 9.90 Å². The van der Waals surface area contributed by atoms with Crippen LogP contribution in [0.5, 0.6) is 5.75 Å². The Kier molecular flexibility index (Phi) is 7.87. The molecule has 3 aromatic rings. The molecule has 0 aliphatic rings. The lowest BCUT2D eigenvalue weighted by molar-refractivity contribution is -0.131. The van der Waals surface area contributed by atoms with E-state index in [1.165, 1.54) is 0 Å². The van der Waals surface area contributed by atoms with Crippen LogP contribution >= 0.6 is 27.7 Å². The number of benzene rings is 2. The highest BCUT2D eigenvalue weighted by Gasteiger charge is 2.14. The first-order valence-corrected chi connectivity index (χ1v) is 11.0. The average molecular weight is 499 g/mol. The second kappa shape index (κ2) is 10.8. The van der Waals surface area contributed by atoms with Gasteiger partial charge in [-0.25, -0.2) is 9.78 Å². The molecular formula is C22H19BrN4O3S. The summed E-state index contributed by atoms with van der Waals surface area (Å²) in [5.74, 6) is 0.314. The number of nitriles is 1. The fourth-order valence-electron chi connectivity index (χ4n) is 2.62. The van der Waals surface area contributed by atoms with Crippen LogP contribution in [0.25, 0.3) is 6.08 Å². The molecule has 158 valence electrons. The highest BCUT2D eigenvalue weighted by Crippen LogP contribution is 2.30. The molecule has 0 radical (unpaired) electrons. The molecular weight excluding hydrogens is 480 g/mol. The highest BCUT2D eigenvalue weighted by atomic mass is 79.9. The van der Waals surface area contributed by atoms with Crippen molar-refractivity contribution >= 4 is 39.7 Å². The van der Waals surface area contributed by atoms with Crippen LogP contribution in [0.15, 0.2) is 57.0 Å². The Morgan fingerprint density at radius 1 is 1.32 bits per heavy atom. The third-order valence-electron chi connectivity index (χ3n) is 4.14. The molecule has 31 heavy (non-hydrogen) atoms. The van der Waals surface area contributed by atoms with Crippen molar-refractivity contribution in [3.05, 3.63) is 74.4 Å². The lowest BCUT2D eigenvalue weighted by atomic mass is 10.1. The number of aliphatic carboxylic acids is 1. The standard InChI is InChI=1S/C22H19BrN4O3S/c1-2-3-20-25-22(27-26-20)31-19(21(28)29)11-16-8-9-18(17(23)10-16)30-13-15-6-4-14(12-24)5-7-15/h4-11H,2-3,13H2,1H3,(H,28,29)(H,25,26,27)/b19-11-. The minimum absolute atomic E-state index is 0.111. The summed E-state index contributed by atoms with van der Waals surface area (Å²) >= 11 is 4.47. The van der Waals surface area contributed by atoms with E-state index >= 15 is 0 Å². The summed E-state index contributed by atoms with van der Waals surface area (Å²) in [5.41, 5.74) is 2.24. The fourth-order valence-corrected chi connectivity index (χ4v) is 3.85. The first kappa shape index (κ1) is 22.6. The third kappa shape index (κ3) is 6.44. The number of hydrogen-bond donors (Lipinski definition) is 2. The number of H-pyrrole nitrogens is 1. The minimum atomic E-state index is -1.05. The Bertz CT molecular complexity index is 1140. The van der Waals surface area contributed by atoms with Crippen molar-refractivity contribution in [1.29, 1.82) is 5.26 Å². The number of carbonyl (C=O) groups is 1. The zero-order valence-corrected chi connectivity index (χ0v) is 19.0. The topological polar surface area (TPSA) is 112 Å². The summed E-state index contributed by atoms with van der Waals surface area (Å²) in [6.45, 7) is 2.38. The predicted molar refractivity (Wildman–Crippen MR) is 121 cm³/mol. The summed E-state index contributed by atoms with van der Waals surface area (Å²) < 4.78 is 6.53. The molecule has 2 N–H and O–H groups in total. The monoisotopic (exact) mass is 498 g/mol. The van der Waals surface area contributed by atoms with Crippen LogP contribution in [0.3, 0.4) is 0 Å². The van der Waals surface area contributed by atoms with Gasteiger partial charge >= 0.3 is 5.97 Å². The Morgan fingerprint density at radius 2 is 2.10 bits per heavy atom. The Hall–Kier alpha value is -3.09. The van der Waals surface area contributed by atoms with Crippen LogP contribution in [-0.2, 0) is 17.8 Å². The third-order valence-corrected chi connectivity index (χ3v) is 5.64. The smallest absolute Gasteiger partial charge is 0.342 e. The number of carboxylic acid groups (broad SMARTS) is 1. The van der Waals surface area contributed by atoms with Crippen molar-refractivity contribution < 1.29 is 14.6 Å². The van der Waals surface area contributed by atoms with E-state index in [4.69, 9.17) is 10.00 Å². The summed E-state index contributed by atoms with van der Waals surface area (Å²) in [5, 5.41) is 25.7. The van der Waals surface area contributed by atoms with E-state index in [1.54, 1.807) is 36.4 Å². The van der Waals surface area contributed by atoms with E-state index in [0.29, 0.717) is 33.1 Å². The molecule has 0 saturated heterocycles. The predicted octanol–water partition coefficient (Wildman–Crippen LogP) is 5.19. The largest absolute Gasteiger partial charge is 0.488 e. The van der Waals surface area contributed by atoms with Crippen LogP contribution in [0.2, 0.25) is 0 Å². The normalized spacial score (nSPS) is 11.2. The molecule has 2 aromatic carbocycles. The SMILES string of the molecule is CCCc1nc(S/C(=C\c2ccc(OCc3ccc(C#N)cc3)c(Br)c2)C(=O)O)n[nH]1. The molecule has 0 saturated carbocycles. The Balaban J connectivity index is 1.70. The maximum Gasteiger partial charge on any atom is 0.342 e. The van der Waals surface area contributed by atoms with Gasteiger partial charge in [-0.2, -0.15) is 5.26 Å². The Morgan fingerprint density at radius 3 is 2.74 bits per heavy atom. The molecule has 0 atom stereocenters. The molecule has 7 nitrogen and oxygen atoms in total.